The van der Waals surface area contributed by atoms with Gasteiger partial charge in [-0.25, -0.2) is 0 Å². The second-order valence-corrected chi connectivity index (χ2v) is 4.41. The number of alkyl halides is 1. The minimum atomic E-state index is -0.448. The molecule has 86 valence electrons. The number of rotatable bonds is 3. The zero-order chi connectivity index (χ0) is 11.4. The van der Waals surface area contributed by atoms with Crippen LogP contribution >= 0.6 is 11.6 Å². The fraction of sp³-hybridized carbons (Fsp3) is 0.462. The Morgan fingerprint density at radius 1 is 1.25 bits per heavy atom. The highest BCUT2D eigenvalue weighted by molar-refractivity contribution is 6.17. The Hall–Kier alpha value is -1.02. The van der Waals surface area contributed by atoms with E-state index in [0.717, 1.165) is 31.2 Å². The van der Waals surface area contributed by atoms with Crippen LogP contribution in [0.25, 0.3) is 0 Å². The molecule has 1 aliphatic rings. The first-order valence-electron chi connectivity index (χ1n) is 5.58. The lowest BCUT2D eigenvalue weighted by molar-refractivity contribution is -0.148. The van der Waals surface area contributed by atoms with E-state index in [2.05, 4.69) is 0 Å². The molecule has 1 fully saturated rings. The van der Waals surface area contributed by atoms with E-state index in [1.165, 1.54) is 0 Å². The van der Waals surface area contributed by atoms with Crippen LogP contribution in [0.4, 0.5) is 0 Å². The molecule has 0 heterocycles. The third-order valence-electron chi connectivity index (χ3n) is 3.36. The third kappa shape index (κ3) is 1.94. The van der Waals surface area contributed by atoms with E-state index in [-0.39, 0.29) is 12.0 Å². The van der Waals surface area contributed by atoms with Crippen molar-refractivity contribution in [1.29, 1.82) is 0 Å². The van der Waals surface area contributed by atoms with E-state index in [9.17, 15) is 4.79 Å². The first-order valence-corrected chi connectivity index (χ1v) is 6.12. The fourth-order valence-electron chi connectivity index (χ4n) is 2.53. The second-order valence-electron chi connectivity index (χ2n) is 4.20. The van der Waals surface area contributed by atoms with Gasteiger partial charge in [-0.3, -0.25) is 4.79 Å². The minimum absolute atomic E-state index is 0.0621. The van der Waals surface area contributed by atoms with Crippen LogP contribution in [0.15, 0.2) is 30.3 Å². The van der Waals surface area contributed by atoms with Crippen molar-refractivity contribution < 1.29 is 9.53 Å². The van der Waals surface area contributed by atoms with Gasteiger partial charge < -0.3 is 4.74 Å². The first kappa shape index (κ1) is 11.5. The predicted molar refractivity (Wildman–Crippen MR) is 63.4 cm³/mol. The van der Waals surface area contributed by atoms with Crippen molar-refractivity contribution in [1.82, 2.24) is 0 Å². The number of ether oxygens (including phenoxy) is 1. The number of hydrogen-bond donors (Lipinski definition) is 0. The maximum atomic E-state index is 12.1. The smallest absolute Gasteiger partial charge is 0.317 e. The standard InChI is InChI=1S/C13H15ClO2/c14-10-16-12(15)13(8-4-5-9-13)11-6-2-1-3-7-11/h1-3,6-7H,4-5,8-10H2. The topological polar surface area (TPSA) is 26.3 Å². The Balaban J connectivity index is 2.32. The van der Waals surface area contributed by atoms with Crippen molar-refractivity contribution in [3.63, 3.8) is 0 Å². The molecule has 2 rings (SSSR count). The lowest BCUT2D eigenvalue weighted by Gasteiger charge is -2.26. The Labute approximate surface area is 101 Å². The molecule has 0 saturated heterocycles. The Kier molecular flexibility index (Phi) is 3.49. The van der Waals surface area contributed by atoms with Gasteiger partial charge in [0.25, 0.3) is 0 Å². The Bertz CT molecular complexity index is 355. The fourth-order valence-corrected chi connectivity index (χ4v) is 2.63. The van der Waals surface area contributed by atoms with Gasteiger partial charge in [-0.15, -0.1) is 0 Å². The zero-order valence-corrected chi connectivity index (χ0v) is 9.87. The van der Waals surface area contributed by atoms with Gasteiger partial charge in [-0.2, -0.15) is 0 Å². The lowest BCUT2D eigenvalue weighted by Crippen LogP contribution is -2.34. The molecule has 0 aromatic heterocycles. The third-order valence-corrected chi connectivity index (χ3v) is 3.47. The van der Waals surface area contributed by atoms with Crippen LogP contribution in [0.5, 0.6) is 0 Å². The van der Waals surface area contributed by atoms with Crippen molar-refractivity contribution in [3.8, 4) is 0 Å². The van der Waals surface area contributed by atoms with E-state index in [4.69, 9.17) is 16.3 Å². The van der Waals surface area contributed by atoms with Gasteiger partial charge in [-0.05, 0) is 18.4 Å². The highest BCUT2D eigenvalue weighted by Crippen LogP contribution is 2.42. The van der Waals surface area contributed by atoms with Crippen LogP contribution in [0, 0.1) is 0 Å². The molecule has 0 bridgehead atoms. The van der Waals surface area contributed by atoms with E-state index in [1.807, 2.05) is 30.3 Å². The van der Waals surface area contributed by atoms with Crippen LogP contribution in [-0.2, 0) is 14.9 Å². The average molecular weight is 239 g/mol. The molecule has 1 aromatic rings. The molecule has 16 heavy (non-hydrogen) atoms. The molecule has 0 aliphatic heterocycles. The zero-order valence-electron chi connectivity index (χ0n) is 9.12. The predicted octanol–water partition coefficient (Wildman–Crippen LogP) is 3.24. The van der Waals surface area contributed by atoms with Crippen molar-refractivity contribution in [2.24, 2.45) is 0 Å². The maximum Gasteiger partial charge on any atom is 0.317 e. The molecule has 0 amide bonds. The summed E-state index contributed by atoms with van der Waals surface area (Å²) in [6, 6.07) is 9.82. The normalized spacial score (nSPS) is 18.3. The van der Waals surface area contributed by atoms with Gasteiger partial charge in [0, 0.05) is 0 Å². The largest absolute Gasteiger partial charge is 0.449 e. The molecule has 0 N–H and O–H groups in total. The SMILES string of the molecule is O=C(OCCl)C1(c2ccccc2)CCCC1. The van der Waals surface area contributed by atoms with Crippen LogP contribution in [-0.4, -0.2) is 12.0 Å². The van der Waals surface area contributed by atoms with E-state index < -0.39 is 5.41 Å². The van der Waals surface area contributed by atoms with Crippen LogP contribution in [0.1, 0.15) is 31.2 Å². The van der Waals surface area contributed by atoms with Gasteiger partial charge in [0.05, 0.1) is 5.41 Å². The second kappa shape index (κ2) is 4.88. The van der Waals surface area contributed by atoms with Gasteiger partial charge in [0.15, 0.2) is 6.07 Å². The monoisotopic (exact) mass is 238 g/mol. The Morgan fingerprint density at radius 2 is 1.88 bits per heavy atom. The van der Waals surface area contributed by atoms with Crippen molar-refractivity contribution in [3.05, 3.63) is 35.9 Å². The summed E-state index contributed by atoms with van der Waals surface area (Å²) in [5.41, 5.74) is 0.610. The van der Waals surface area contributed by atoms with Gasteiger partial charge in [0.2, 0.25) is 0 Å². The number of hydrogen-bond acceptors (Lipinski definition) is 2. The summed E-state index contributed by atoms with van der Waals surface area (Å²) in [5.74, 6) is -0.175. The van der Waals surface area contributed by atoms with E-state index in [0.29, 0.717) is 0 Å². The summed E-state index contributed by atoms with van der Waals surface area (Å²) in [6.45, 7) is 0. The molecule has 1 aromatic carbocycles. The molecule has 0 atom stereocenters. The van der Waals surface area contributed by atoms with Gasteiger partial charge in [-0.1, -0.05) is 54.8 Å². The number of benzene rings is 1. The van der Waals surface area contributed by atoms with Crippen molar-refractivity contribution in [2.45, 2.75) is 31.1 Å². The number of esters is 1. The summed E-state index contributed by atoms with van der Waals surface area (Å²) in [4.78, 5) is 12.1. The van der Waals surface area contributed by atoms with Crippen LogP contribution in [0.2, 0.25) is 0 Å². The average Bonchev–Trinajstić information content (AvgIpc) is 2.81. The summed E-state index contributed by atoms with van der Waals surface area (Å²) in [7, 11) is 0. The van der Waals surface area contributed by atoms with Crippen molar-refractivity contribution in [2.75, 3.05) is 6.07 Å². The quantitative estimate of drug-likeness (QED) is 0.597. The molecule has 1 aliphatic carbocycles. The summed E-state index contributed by atoms with van der Waals surface area (Å²) < 4.78 is 5.01. The molecule has 0 radical (unpaired) electrons. The highest BCUT2D eigenvalue weighted by atomic mass is 35.5. The number of halogens is 1. The number of carbonyl (C=O) groups excluding carboxylic acids is 1. The minimum Gasteiger partial charge on any atom is -0.449 e. The van der Waals surface area contributed by atoms with E-state index in [1.54, 1.807) is 0 Å². The highest BCUT2D eigenvalue weighted by Gasteiger charge is 2.43. The summed E-state index contributed by atoms with van der Waals surface area (Å²) >= 11 is 5.48. The molecule has 3 heteroatoms. The molecular weight excluding hydrogens is 224 g/mol. The molecule has 0 unspecified atom stereocenters. The van der Waals surface area contributed by atoms with Gasteiger partial charge >= 0.3 is 5.97 Å². The molecule has 1 saturated carbocycles. The summed E-state index contributed by atoms with van der Waals surface area (Å²) in [6.07, 6.45) is 3.89. The van der Waals surface area contributed by atoms with Crippen LogP contribution in [0.3, 0.4) is 0 Å². The maximum absolute atomic E-state index is 12.1. The lowest BCUT2D eigenvalue weighted by atomic mass is 9.79. The molecule has 0 spiro atoms. The molecular formula is C13H15ClO2. The first-order chi connectivity index (χ1) is 7.79. The Morgan fingerprint density at radius 3 is 2.44 bits per heavy atom. The number of carbonyl (C=O) groups is 1. The summed E-state index contributed by atoms with van der Waals surface area (Å²) in [5, 5.41) is 0. The van der Waals surface area contributed by atoms with Crippen molar-refractivity contribution >= 4 is 17.6 Å². The van der Waals surface area contributed by atoms with Crippen LogP contribution < -0.4 is 0 Å². The van der Waals surface area contributed by atoms with E-state index >= 15 is 0 Å². The molecule has 2 nitrogen and oxygen atoms in total. The van der Waals surface area contributed by atoms with Gasteiger partial charge in [0.1, 0.15) is 0 Å².